The smallest absolute Gasteiger partial charge is 0.194 e. The Labute approximate surface area is 203 Å². The standard InChI is InChI=1S/C33H21NO/c35-33-28-14-7-6-13-26(28)27-19-20-31(29-15-8-16-30(33)32(27)29)34(24-11-2-1-3-12-24)25-18-17-22-9-4-5-10-23(22)21-25/h1-21H. The maximum absolute atomic E-state index is 13.4. The minimum atomic E-state index is 0.0906. The normalized spacial score (nSPS) is 12.1. The maximum Gasteiger partial charge on any atom is 0.194 e. The van der Waals surface area contributed by atoms with Crippen LogP contribution < -0.4 is 4.90 Å². The van der Waals surface area contributed by atoms with Gasteiger partial charge in [-0.15, -0.1) is 0 Å². The second-order valence-electron chi connectivity index (χ2n) is 8.94. The van der Waals surface area contributed by atoms with Crippen LogP contribution in [0.3, 0.4) is 0 Å². The second kappa shape index (κ2) is 7.68. The van der Waals surface area contributed by atoms with Crippen molar-refractivity contribution in [2.45, 2.75) is 0 Å². The van der Waals surface area contributed by atoms with Crippen LogP contribution in [0, 0.1) is 0 Å². The van der Waals surface area contributed by atoms with Crippen molar-refractivity contribution in [3.8, 4) is 11.1 Å². The minimum Gasteiger partial charge on any atom is -0.310 e. The molecule has 1 aliphatic rings. The SMILES string of the molecule is O=C1c2ccccc2-c2ccc(N(c3ccccc3)c3ccc4ccccc4c3)c3cccc1c23. The van der Waals surface area contributed by atoms with Crippen molar-refractivity contribution in [3.05, 3.63) is 139 Å². The molecule has 0 bridgehead atoms. The minimum absolute atomic E-state index is 0.0906. The van der Waals surface area contributed by atoms with Crippen LogP contribution in [0.5, 0.6) is 0 Å². The Morgan fingerprint density at radius 1 is 0.457 bits per heavy atom. The van der Waals surface area contributed by atoms with E-state index in [1.807, 2.05) is 36.4 Å². The fourth-order valence-electron chi connectivity index (χ4n) is 5.38. The number of nitrogens with zero attached hydrogens (tertiary/aromatic N) is 1. The summed E-state index contributed by atoms with van der Waals surface area (Å²) in [7, 11) is 0. The molecule has 6 aromatic rings. The Balaban J connectivity index is 1.53. The van der Waals surface area contributed by atoms with Crippen LogP contribution in [0.1, 0.15) is 15.9 Å². The predicted molar refractivity (Wildman–Crippen MR) is 145 cm³/mol. The molecule has 0 radical (unpaired) electrons. The Bertz CT molecular complexity index is 1770. The molecule has 0 atom stereocenters. The van der Waals surface area contributed by atoms with Gasteiger partial charge in [0.15, 0.2) is 5.78 Å². The third-order valence-corrected chi connectivity index (χ3v) is 6.97. The van der Waals surface area contributed by atoms with E-state index in [0.717, 1.165) is 50.1 Å². The molecule has 0 aromatic heterocycles. The molecule has 164 valence electrons. The molecule has 7 rings (SSSR count). The highest BCUT2D eigenvalue weighted by molar-refractivity contribution is 6.27. The summed E-state index contributed by atoms with van der Waals surface area (Å²) >= 11 is 0. The second-order valence-corrected chi connectivity index (χ2v) is 8.94. The number of carbonyl (C=O) groups is 1. The van der Waals surface area contributed by atoms with Crippen molar-refractivity contribution in [2.75, 3.05) is 4.90 Å². The molecule has 0 spiro atoms. The van der Waals surface area contributed by atoms with Crippen molar-refractivity contribution in [2.24, 2.45) is 0 Å². The topological polar surface area (TPSA) is 20.3 Å². The number of benzene rings is 6. The average molecular weight is 448 g/mol. The van der Waals surface area contributed by atoms with Crippen LogP contribution in [0.15, 0.2) is 127 Å². The van der Waals surface area contributed by atoms with E-state index < -0.39 is 0 Å². The number of fused-ring (bicyclic) bond motifs is 3. The number of rotatable bonds is 3. The Morgan fingerprint density at radius 3 is 2.03 bits per heavy atom. The number of ketones is 1. The van der Waals surface area contributed by atoms with E-state index in [1.165, 1.54) is 10.8 Å². The van der Waals surface area contributed by atoms with Gasteiger partial charge in [0, 0.05) is 33.3 Å². The van der Waals surface area contributed by atoms with E-state index in [-0.39, 0.29) is 5.78 Å². The number of hydrogen-bond acceptors (Lipinski definition) is 2. The molecular weight excluding hydrogens is 426 g/mol. The van der Waals surface area contributed by atoms with Crippen LogP contribution in [0.25, 0.3) is 32.7 Å². The van der Waals surface area contributed by atoms with E-state index in [9.17, 15) is 4.79 Å². The van der Waals surface area contributed by atoms with E-state index in [0.29, 0.717) is 0 Å². The largest absolute Gasteiger partial charge is 0.310 e. The predicted octanol–water partition coefficient (Wildman–Crippen LogP) is 8.67. The summed E-state index contributed by atoms with van der Waals surface area (Å²) < 4.78 is 0. The van der Waals surface area contributed by atoms with Gasteiger partial charge in [0.1, 0.15) is 0 Å². The summed E-state index contributed by atoms with van der Waals surface area (Å²) in [5, 5.41) is 4.50. The van der Waals surface area contributed by atoms with Crippen molar-refractivity contribution in [1.29, 1.82) is 0 Å². The quantitative estimate of drug-likeness (QED) is 0.270. The lowest BCUT2D eigenvalue weighted by Gasteiger charge is -2.29. The molecule has 0 heterocycles. The summed E-state index contributed by atoms with van der Waals surface area (Å²) in [6, 6.07) is 43.8. The van der Waals surface area contributed by atoms with Gasteiger partial charge >= 0.3 is 0 Å². The van der Waals surface area contributed by atoms with Gasteiger partial charge in [-0.25, -0.2) is 0 Å². The Kier molecular flexibility index (Phi) is 4.33. The maximum atomic E-state index is 13.4. The fraction of sp³-hybridized carbons (Fsp3) is 0. The highest BCUT2D eigenvalue weighted by atomic mass is 16.1. The lowest BCUT2D eigenvalue weighted by atomic mass is 9.82. The monoisotopic (exact) mass is 447 g/mol. The van der Waals surface area contributed by atoms with Crippen LogP contribution in [-0.2, 0) is 0 Å². The molecule has 2 heteroatoms. The number of anilines is 3. The number of para-hydroxylation sites is 1. The van der Waals surface area contributed by atoms with Crippen LogP contribution >= 0.6 is 0 Å². The van der Waals surface area contributed by atoms with E-state index in [1.54, 1.807) is 0 Å². The zero-order valence-electron chi connectivity index (χ0n) is 19.0. The molecule has 2 nitrogen and oxygen atoms in total. The van der Waals surface area contributed by atoms with Crippen molar-refractivity contribution >= 4 is 44.4 Å². The third kappa shape index (κ3) is 3.00. The van der Waals surface area contributed by atoms with E-state index in [2.05, 4.69) is 95.9 Å². The molecular formula is C33H21NO. The van der Waals surface area contributed by atoms with Crippen LogP contribution in [0.2, 0.25) is 0 Å². The summed E-state index contributed by atoms with van der Waals surface area (Å²) in [5.74, 6) is 0.0906. The third-order valence-electron chi connectivity index (χ3n) is 6.97. The first-order chi connectivity index (χ1) is 17.3. The summed E-state index contributed by atoms with van der Waals surface area (Å²) in [6.45, 7) is 0. The van der Waals surface area contributed by atoms with Crippen molar-refractivity contribution in [3.63, 3.8) is 0 Å². The molecule has 0 aliphatic heterocycles. The molecule has 35 heavy (non-hydrogen) atoms. The van der Waals surface area contributed by atoms with Gasteiger partial charge < -0.3 is 4.90 Å². The highest BCUT2D eigenvalue weighted by Gasteiger charge is 2.27. The summed E-state index contributed by atoms with van der Waals surface area (Å²) in [6.07, 6.45) is 0. The highest BCUT2D eigenvalue weighted by Crippen LogP contribution is 2.46. The van der Waals surface area contributed by atoms with Gasteiger partial charge in [0.05, 0.1) is 5.69 Å². The average Bonchev–Trinajstić information content (AvgIpc) is 2.93. The zero-order chi connectivity index (χ0) is 23.4. The summed E-state index contributed by atoms with van der Waals surface area (Å²) in [4.78, 5) is 15.7. The van der Waals surface area contributed by atoms with Crippen LogP contribution in [0.4, 0.5) is 17.1 Å². The van der Waals surface area contributed by atoms with Crippen LogP contribution in [-0.4, -0.2) is 5.78 Å². The van der Waals surface area contributed by atoms with Gasteiger partial charge in [0.2, 0.25) is 0 Å². The molecule has 0 N–H and O–H groups in total. The molecule has 1 aliphatic carbocycles. The number of hydrogen-bond donors (Lipinski definition) is 0. The fourth-order valence-corrected chi connectivity index (χ4v) is 5.38. The molecule has 0 unspecified atom stereocenters. The van der Waals surface area contributed by atoms with Gasteiger partial charge in [-0.1, -0.05) is 97.1 Å². The zero-order valence-corrected chi connectivity index (χ0v) is 19.0. The van der Waals surface area contributed by atoms with Gasteiger partial charge in [-0.2, -0.15) is 0 Å². The van der Waals surface area contributed by atoms with Crippen molar-refractivity contribution in [1.82, 2.24) is 0 Å². The van der Waals surface area contributed by atoms with E-state index >= 15 is 0 Å². The number of carbonyl (C=O) groups excluding carboxylic acids is 1. The lowest BCUT2D eigenvalue weighted by molar-refractivity contribution is 0.104. The first kappa shape index (κ1) is 19.7. The summed E-state index contributed by atoms with van der Waals surface area (Å²) in [5.41, 5.74) is 6.87. The Morgan fingerprint density at radius 2 is 1.17 bits per heavy atom. The molecule has 0 saturated heterocycles. The van der Waals surface area contributed by atoms with Gasteiger partial charge in [-0.05, 0) is 52.2 Å². The Hall–Kier alpha value is -4.69. The molecule has 0 saturated carbocycles. The molecule has 0 fully saturated rings. The van der Waals surface area contributed by atoms with Gasteiger partial charge in [0.25, 0.3) is 0 Å². The first-order valence-electron chi connectivity index (χ1n) is 11.8. The van der Waals surface area contributed by atoms with E-state index in [4.69, 9.17) is 0 Å². The van der Waals surface area contributed by atoms with Crippen molar-refractivity contribution < 1.29 is 4.79 Å². The lowest BCUT2D eigenvalue weighted by Crippen LogP contribution is -2.13. The molecule has 0 amide bonds. The first-order valence-corrected chi connectivity index (χ1v) is 11.8. The molecule has 6 aromatic carbocycles. The van der Waals surface area contributed by atoms with Gasteiger partial charge in [-0.3, -0.25) is 4.79 Å².